The zero-order chi connectivity index (χ0) is 8.81. The van der Waals surface area contributed by atoms with Gasteiger partial charge in [0.2, 0.25) is 0 Å². The van der Waals surface area contributed by atoms with Crippen LogP contribution in [0, 0.1) is 35.5 Å². The minimum atomic E-state index is 0. The van der Waals surface area contributed by atoms with E-state index >= 15 is 0 Å². The van der Waals surface area contributed by atoms with Crippen molar-refractivity contribution in [1.29, 1.82) is 0 Å². The molecule has 0 heterocycles. The van der Waals surface area contributed by atoms with E-state index in [1.807, 2.05) is 0 Å². The Labute approximate surface area is 85.8 Å². The van der Waals surface area contributed by atoms with Crippen LogP contribution in [0.4, 0.5) is 0 Å². The third-order valence-corrected chi connectivity index (χ3v) is 1.61. The molecule has 0 aromatic rings. The van der Waals surface area contributed by atoms with Gasteiger partial charge in [0.1, 0.15) is 0 Å². The van der Waals surface area contributed by atoms with Gasteiger partial charge in [-0.2, -0.15) is 0 Å². The normalized spacial score (nSPS) is 14.9. The zero-order valence-electron chi connectivity index (χ0n) is 7.55. The predicted octanol–water partition coefficient (Wildman–Crippen LogP) is 0.359. The van der Waals surface area contributed by atoms with Crippen molar-refractivity contribution < 1.29 is 0 Å². The van der Waals surface area contributed by atoms with Gasteiger partial charge in [0, 0.05) is 0 Å². The molecule has 72 valence electrons. The number of rotatable bonds is 4. The molecule has 0 amide bonds. The van der Waals surface area contributed by atoms with Gasteiger partial charge in [0.25, 0.3) is 0 Å². The topological polar surface area (TPSA) is 52.0 Å². The Bertz CT molecular complexity index is 210. The van der Waals surface area contributed by atoms with Gasteiger partial charge in [-0.25, -0.2) is 0 Å². The van der Waals surface area contributed by atoms with Crippen LogP contribution in [0.1, 0.15) is 12.8 Å². The third kappa shape index (κ3) is 7.68. The molecular formula is C10H15ClN2. The molecule has 0 fully saturated rings. The van der Waals surface area contributed by atoms with Crippen molar-refractivity contribution in [2.24, 2.45) is 23.3 Å². The molecule has 0 saturated heterocycles. The molecule has 3 heteroatoms. The summed E-state index contributed by atoms with van der Waals surface area (Å²) in [7, 11) is 0. The van der Waals surface area contributed by atoms with E-state index in [-0.39, 0.29) is 12.4 Å². The third-order valence-electron chi connectivity index (χ3n) is 1.61. The van der Waals surface area contributed by atoms with E-state index < -0.39 is 0 Å². The highest BCUT2D eigenvalue weighted by Gasteiger charge is 2.06. The van der Waals surface area contributed by atoms with Gasteiger partial charge in [-0.1, -0.05) is 23.7 Å². The van der Waals surface area contributed by atoms with Crippen molar-refractivity contribution in [3.8, 4) is 23.7 Å². The van der Waals surface area contributed by atoms with E-state index in [2.05, 4.69) is 23.7 Å². The highest BCUT2D eigenvalue weighted by atomic mass is 35.5. The van der Waals surface area contributed by atoms with Crippen molar-refractivity contribution in [2.45, 2.75) is 12.8 Å². The Kier molecular flexibility index (Phi) is 6.45. The maximum Gasteiger partial charge on any atom is 0.0824 e. The van der Waals surface area contributed by atoms with Crippen LogP contribution >= 0.6 is 12.4 Å². The number of nitrogens with two attached hydrogens (primary N) is 2. The first kappa shape index (κ1) is 12.3. The average Bonchev–Trinajstić information content (AvgIpc) is 2.81. The summed E-state index contributed by atoms with van der Waals surface area (Å²) in [6, 6.07) is 0. The summed E-state index contributed by atoms with van der Waals surface area (Å²) in [6.07, 6.45) is 2.08. The van der Waals surface area contributed by atoms with Crippen LogP contribution < -0.4 is 11.5 Å². The number of hydrogen-bond acceptors (Lipinski definition) is 2. The lowest BCUT2D eigenvalue weighted by Gasteiger charge is -1.83. The van der Waals surface area contributed by atoms with Crippen LogP contribution in [-0.4, -0.2) is 13.1 Å². The SMILES string of the molecule is Cl.NCCC1C#C1.NCCC1C#C1. The summed E-state index contributed by atoms with van der Waals surface area (Å²) in [4.78, 5) is 0. The molecule has 0 unspecified atom stereocenters. The fourth-order valence-electron chi connectivity index (χ4n) is 0.740. The van der Waals surface area contributed by atoms with E-state index in [0.717, 1.165) is 25.9 Å². The minimum absolute atomic E-state index is 0. The van der Waals surface area contributed by atoms with Gasteiger partial charge in [-0.15, -0.1) is 12.4 Å². The van der Waals surface area contributed by atoms with Crippen LogP contribution in [0.2, 0.25) is 0 Å². The summed E-state index contributed by atoms with van der Waals surface area (Å²) in [5, 5.41) is 0. The standard InChI is InChI=1S/2C5H7N.ClH/c2*6-4-3-5-1-2-5;/h2*5H,3-4,6H2;1H. The zero-order valence-corrected chi connectivity index (χ0v) is 8.36. The van der Waals surface area contributed by atoms with E-state index in [4.69, 9.17) is 11.5 Å². The fourth-order valence-corrected chi connectivity index (χ4v) is 0.740. The van der Waals surface area contributed by atoms with Gasteiger partial charge in [-0.3, -0.25) is 0 Å². The fraction of sp³-hybridized carbons (Fsp3) is 0.600. The Balaban J connectivity index is 0.000000206. The molecule has 2 aliphatic rings. The Morgan fingerprint density at radius 3 is 1.15 bits per heavy atom. The Morgan fingerprint density at radius 1 is 0.769 bits per heavy atom. The lowest BCUT2D eigenvalue weighted by molar-refractivity contribution is 0.799. The van der Waals surface area contributed by atoms with Crippen molar-refractivity contribution in [2.75, 3.05) is 13.1 Å². The number of halogens is 1. The van der Waals surface area contributed by atoms with Crippen LogP contribution in [-0.2, 0) is 0 Å². The molecule has 0 bridgehead atoms. The lowest BCUT2D eigenvalue weighted by atomic mass is 10.2. The van der Waals surface area contributed by atoms with E-state index in [1.54, 1.807) is 0 Å². The Hall–Kier alpha value is -0.670. The van der Waals surface area contributed by atoms with Gasteiger partial charge in [0.05, 0.1) is 11.8 Å². The monoisotopic (exact) mass is 198 g/mol. The first-order valence-corrected chi connectivity index (χ1v) is 4.29. The van der Waals surface area contributed by atoms with Crippen LogP contribution in [0.3, 0.4) is 0 Å². The molecule has 0 aliphatic heterocycles. The van der Waals surface area contributed by atoms with Crippen LogP contribution in [0.5, 0.6) is 0 Å². The Morgan fingerprint density at radius 2 is 1.08 bits per heavy atom. The maximum absolute atomic E-state index is 5.19. The second-order valence-electron chi connectivity index (χ2n) is 2.84. The van der Waals surface area contributed by atoms with Gasteiger partial charge in [-0.05, 0) is 25.9 Å². The predicted molar refractivity (Wildman–Crippen MR) is 57.1 cm³/mol. The first-order chi connectivity index (χ1) is 5.86. The molecule has 0 saturated carbocycles. The van der Waals surface area contributed by atoms with Crippen LogP contribution in [0.25, 0.3) is 0 Å². The summed E-state index contributed by atoms with van der Waals surface area (Å²) in [5.74, 6) is 12.7. The molecule has 2 rings (SSSR count). The van der Waals surface area contributed by atoms with Gasteiger partial charge >= 0.3 is 0 Å². The largest absolute Gasteiger partial charge is 0.330 e. The smallest absolute Gasteiger partial charge is 0.0824 e. The summed E-state index contributed by atoms with van der Waals surface area (Å²) in [5.41, 5.74) is 10.4. The average molecular weight is 199 g/mol. The molecule has 4 N–H and O–H groups in total. The molecule has 0 spiro atoms. The lowest BCUT2D eigenvalue weighted by Crippen LogP contribution is -1.99. The summed E-state index contributed by atoms with van der Waals surface area (Å²) < 4.78 is 0. The van der Waals surface area contributed by atoms with Crippen molar-refractivity contribution in [3.63, 3.8) is 0 Å². The molecule has 13 heavy (non-hydrogen) atoms. The highest BCUT2D eigenvalue weighted by molar-refractivity contribution is 5.85. The van der Waals surface area contributed by atoms with E-state index in [0.29, 0.717) is 11.8 Å². The van der Waals surface area contributed by atoms with Gasteiger partial charge in [0.15, 0.2) is 0 Å². The first-order valence-electron chi connectivity index (χ1n) is 4.29. The summed E-state index contributed by atoms with van der Waals surface area (Å²) >= 11 is 0. The highest BCUT2D eigenvalue weighted by Crippen LogP contribution is 2.07. The molecule has 2 nitrogen and oxygen atoms in total. The molecule has 0 atom stereocenters. The van der Waals surface area contributed by atoms with Crippen molar-refractivity contribution in [1.82, 2.24) is 0 Å². The van der Waals surface area contributed by atoms with Crippen LogP contribution in [0.15, 0.2) is 0 Å². The molecule has 0 aromatic carbocycles. The molecule has 0 radical (unpaired) electrons. The minimum Gasteiger partial charge on any atom is -0.330 e. The second kappa shape index (κ2) is 6.80. The number of hydrogen-bond donors (Lipinski definition) is 2. The van der Waals surface area contributed by atoms with Crippen molar-refractivity contribution in [3.05, 3.63) is 0 Å². The maximum atomic E-state index is 5.19. The molecule has 2 aliphatic carbocycles. The molecule has 0 aromatic heterocycles. The van der Waals surface area contributed by atoms with Gasteiger partial charge < -0.3 is 11.5 Å². The van der Waals surface area contributed by atoms with Crippen molar-refractivity contribution >= 4 is 12.4 Å². The molecular weight excluding hydrogens is 184 g/mol. The van der Waals surface area contributed by atoms with E-state index in [1.165, 1.54) is 0 Å². The second-order valence-corrected chi connectivity index (χ2v) is 2.84. The van der Waals surface area contributed by atoms with E-state index in [9.17, 15) is 0 Å². The summed E-state index contributed by atoms with van der Waals surface area (Å²) in [6.45, 7) is 1.54. The quantitative estimate of drug-likeness (QED) is 0.641.